The molecule has 0 heterocycles. The van der Waals surface area contributed by atoms with Crippen LogP contribution in [0.4, 0.5) is 0 Å². The third-order valence-electron chi connectivity index (χ3n) is 9.56. The molecular formula is C25H37N3O2. The Labute approximate surface area is 180 Å². The maximum absolute atomic E-state index is 13.3. The molecule has 0 amide bonds. The molecule has 4 aliphatic carbocycles. The molecular weight excluding hydrogens is 374 g/mol. The van der Waals surface area contributed by atoms with Crippen molar-refractivity contribution >= 4 is 11.6 Å². The number of fused-ring (bicyclic) bond motifs is 5. The quantitative estimate of drug-likeness (QED) is 0.166. The second-order valence-corrected chi connectivity index (χ2v) is 10.9. The lowest BCUT2D eigenvalue weighted by Gasteiger charge is -2.59. The number of allylic oxidation sites excluding steroid dienone is 2. The second-order valence-electron chi connectivity index (χ2n) is 10.9. The zero-order valence-corrected chi connectivity index (χ0v) is 18.7. The van der Waals surface area contributed by atoms with Crippen LogP contribution in [0.2, 0.25) is 0 Å². The second kappa shape index (κ2) is 8.49. The predicted octanol–water partition coefficient (Wildman–Crippen LogP) is 6.43. The Hall–Kier alpha value is -1.61. The Bertz CT molecular complexity index is 770. The van der Waals surface area contributed by atoms with Gasteiger partial charge in [-0.15, -0.1) is 0 Å². The van der Waals surface area contributed by atoms with E-state index in [1.165, 1.54) is 6.42 Å². The minimum absolute atomic E-state index is 0.132. The Morgan fingerprint density at radius 3 is 2.77 bits per heavy atom. The van der Waals surface area contributed by atoms with Crippen molar-refractivity contribution in [3.8, 4) is 0 Å². The van der Waals surface area contributed by atoms with E-state index in [0.717, 1.165) is 57.8 Å². The number of hydrogen-bond acceptors (Lipinski definition) is 3. The molecule has 0 spiro atoms. The van der Waals surface area contributed by atoms with Crippen molar-refractivity contribution in [3.05, 3.63) is 22.6 Å². The first-order valence-corrected chi connectivity index (χ1v) is 12.1. The first-order chi connectivity index (χ1) is 14.4. The zero-order valence-electron chi connectivity index (χ0n) is 18.7. The highest BCUT2D eigenvalue weighted by molar-refractivity contribution is 5.88. The highest BCUT2D eigenvalue weighted by atomic mass is 16.1. The fourth-order valence-electron chi connectivity index (χ4n) is 7.79. The summed E-state index contributed by atoms with van der Waals surface area (Å²) < 4.78 is 0. The normalized spacial score (nSPS) is 43.1. The molecule has 4 fully saturated rings. The average Bonchev–Trinajstić information content (AvgIpc) is 3.03. The number of ketones is 2. The van der Waals surface area contributed by atoms with E-state index in [9.17, 15) is 9.59 Å². The van der Waals surface area contributed by atoms with Crippen molar-refractivity contribution < 1.29 is 9.59 Å². The number of rotatable bonds is 6. The van der Waals surface area contributed by atoms with Crippen molar-refractivity contribution in [2.45, 2.75) is 84.5 Å². The van der Waals surface area contributed by atoms with Crippen LogP contribution in [-0.4, -0.2) is 18.1 Å². The van der Waals surface area contributed by atoms with Crippen LogP contribution < -0.4 is 0 Å². The molecule has 0 aromatic heterocycles. The summed E-state index contributed by atoms with van der Waals surface area (Å²) in [5.41, 5.74) is 8.30. The summed E-state index contributed by atoms with van der Waals surface area (Å²) in [6.07, 6.45) is 15.6. The van der Waals surface area contributed by atoms with Crippen LogP contribution >= 0.6 is 0 Å². The summed E-state index contributed by atoms with van der Waals surface area (Å²) in [7, 11) is 0. The highest BCUT2D eigenvalue weighted by Gasteiger charge is 2.62. The van der Waals surface area contributed by atoms with E-state index in [0.29, 0.717) is 48.2 Å². The summed E-state index contributed by atoms with van der Waals surface area (Å²) in [6.45, 7) is 5.18. The maximum Gasteiger partial charge on any atom is 0.139 e. The van der Waals surface area contributed by atoms with Crippen LogP contribution in [0.5, 0.6) is 0 Å². The fourth-order valence-corrected chi connectivity index (χ4v) is 7.79. The van der Waals surface area contributed by atoms with Crippen molar-refractivity contribution in [1.82, 2.24) is 0 Å². The fraction of sp³-hybridized carbons (Fsp3) is 0.840. The third-order valence-corrected chi connectivity index (χ3v) is 9.56. The summed E-state index contributed by atoms with van der Waals surface area (Å²) in [5.74, 6) is 3.15. The van der Waals surface area contributed by atoms with Crippen LogP contribution in [-0.2, 0) is 9.59 Å². The molecule has 30 heavy (non-hydrogen) atoms. The smallest absolute Gasteiger partial charge is 0.139 e. The van der Waals surface area contributed by atoms with Gasteiger partial charge in [0.2, 0.25) is 0 Å². The van der Waals surface area contributed by atoms with Gasteiger partial charge in [0.05, 0.1) is 0 Å². The van der Waals surface area contributed by atoms with Gasteiger partial charge in [0.15, 0.2) is 0 Å². The van der Waals surface area contributed by atoms with Gasteiger partial charge in [-0.05, 0) is 92.4 Å². The van der Waals surface area contributed by atoms with E-state index in [4.69, 9.17) is 5.53 Å². The molecule has 4 saturated carbocycles. The Kier molecular flexibility index (Phi) is 6.12. The topological polar surface area (TPSA) is 82.9 Å². The lowest BCUT2D eigenvalue weighted by molar-refractivity contribution is -0.157. The summed E-state index contributed by atoms with van der Waals surface area (Å²) in [6, 6.07) is 0. The van der Waals surface area contributed by atoms with Crippen LogP contribution in [0.3, 0.4) is 0 Å². The first-order valence-electron chi connectivity index (χ1n) is 12.1. The molecule has 164 valence electrons. The molecule has 5 nitrogen and oxygen atoms in total. The highest BCUT2D eigenvalue weighted by Crippen LogP contribution is 2.65. The van der Waals surface area contributed by atoms with E-state index in [1.54, 1.807) is 0 Å². The van der Waals surface area contributed by atoms with Crippen LogP contribution in [0.15, 0.2) is 17.3 Å². The number of hydrogen-bond donors (Lipinski definition) is 0. The van der Waals surface area contributed by atoms with E-state index in [1.807, 2.05) is 0 Å². The number of carbonyl (C=O) groups excluding carboxylic acids is 2. The van der Waals surface area contributed by atoms with Gasteiger partial charge in [-0.2, -0.15) is 0 Å². The van der Waals surface area contributed by atoms with Crippen molar-refractivity contribution in [3.63, 3.8) is 0 Å². The minimum Gasteiger partial charge on any atom is -0.299 e. The maximum atomic E-state index is 13.3. The van der Waals surface area contributed by atoms with E-state index >= 15 is 0 Å². The molecule has 0 aliphatic heterocycles. The molecule has 1 unspecified atom stereocenters. The molecule has 5 heteroatoms. The third kappa shape index (κ3) is 3.64. The standard InChI is InChI=1S/C25H37N3O2/c1-24-12-10-17(7-5-3-4-6-14-27-28-26)15-21(24)22(29)16-18-19-8-9-23(30)25(19,2)13-11-20(18)24/h5,7,17-21H,3-4,6,8-16H2,1-2H3/t17-,18+,19+,20+,21?,24-,25+/m1/s1. The molecule has 0 saturated heterocycles. The van der Waals surface area contributed by atoms with Gasteiger partial charge < -0.3 is 0 Å². The SMILES string of the molecule is C[C@]12CC[C@@H](C=CCCCCN=[N+]=[N-])CC1C(=O)C[C@@H]1[C@@H]2CC[C@]2(C)C(=O)CC[C@@H]12. The predicted molar refractivity (Wildman–Crippen MR) is 118 cm³/mol. The van der Waals surface area contributed by atoms with Crippen LogP contribution in [0.25, 0.3) is 10.4 Å². The molecule has 4 aliphatic rings. The Balaban J connectivity index is 1.40. The van der Waals surface area contributed by atoms with Crippen LogP contribution in [0, 0.1) is 40.4 Å². The Morgan fingerprint density at radius 1 is 1.13 bits per heavy atom. The van der Waals surface area contributed by atoms with Crippen molar-refractivity contribution in [2.24, 2.45) is 45.5 Å². The largest absolute Gasteiger partial charge is 0.299 e. The minimum atomic E-state index is -0.150. The molecule has 0 radical (unpaired) electrons. The summed E-state index contributed by atoms with van der Waals surface area (Å²) in [5, 5.41) is 3.58. The van der Waals surface area contributed by atoms with E-state index < -0.39 is 0 Å². The van der Waals surface area contributed by atoms with Gasteiger partial charge in [0.25, 0.3) is 0 Å². The first kappa shape index (κ1) is 21.6. The molecule has 0 bridgehead atoms. The summed E-state index contributed by atoms with van der Waals surface area (Å²) >= 11 is 0. The number of nitrogens with zero attached hydrogens (tertiary/aromatic N) is 3. The van der Waals surface area contributed by atoms with Gasteiger partial charge >= 0.3 is 0 Å². The number of carbonyl (C=O) groups is 2. The number of unbranched alkanes of at least 4 members (excludes halogenated alkanes) is 2. The lowest BCUT2D eigenvalue weighted by atomic mass is 9.44. The summed E-state index contributed by atoms with van der Waals surface area (Å²) in [4.78, 5) is 28.7. The van der Waals surface area contributed by atoms with Crippen molar-refractivity contribution in [1.29, 1.82) is 0 Å². The van der Waals surface area contributed by atoms with Gasteiger partial charge in [-0.3, -0.25) is 9.59 Å². The van der Waals surface area contributed by atoms with Crippen molar-refractivity contribution in [2.75, 3.05) is 6.54 Å². The Morgan fingerprint density at radius 2 is 1.97 bits per heavy atom. The zero-order chi connectivity index (χ0) is 21.4. The monoisotopic (exact) mass is 411 g/mol. The number of azide groups is 1. The molecule has 0 aromatic carbocycles. The van der Waals surface area contributed by atoms with Gasteiger partial charge in [-0.25, -0.2) is 0 Å². The van der Waals surface area contributed by atoms with Gasteiger partial charge in [0.1, 0.15) is 11.6 Å². The average molecular weight is 412 g/mol. The number of Topliss-reactive ketones (excluding diaryl/α,β-unsaturated/α-hetero) is 2. The van der Waals surface area contributed by atoms with E-state index in [-0.39, 0.29) is 16.7 Å². The van der Waals surface area contributed by atoms with Gasteiger partial charge in [-0.1, -0.05) is 31.1 Å². The lowest BCUT2D eigenvalue weighted by Crippen LogP contribution is -2.56. The molecule has 0 aromatic rings. The molecule has 7 atom stereocenters. The van der Waals surface area contributed by atoms with Gasteiger partial charge in [0, 0.05) is 35.6 Å². The van der Waals surface area contributed by atoms with E-state index in [2.05, 4.69) is 36.0 Å². The molecule has 0 N–H and O–H groups in total. The van der Waals surface area contributed by atoms with Crippen LogP contribution in [0.1, 0.15) is 84.5 Å². The molecule has 4 rings (SSSR count).